The second-order valence-electron chi connectivity index (χ2n) is 6.06. The van der Waals surface area contributed by atoms with Crippen molar-refractivity contribution in [3.05, 3.63) is 12.5 Å². The van der Waals surface area contributed by atoms with E-state index in [0.29, 0.717) is 30.1 Å². The summed E-state index contributed by atoms with van der Waals surface area (Å²) >= 11 is 0. The number of amides is 1. The molecular formula is C15H18N6O3. The van der Waals surface area contributed by atoms with Crippen molar-refractivity contribution in [1.29, 1.82) is 0 Å². The van der Waals surface area contributed by atoms with Crippen LogP contribution < -0.4 is 4.90 Å². The van der Waals surface area contributed by atoms with E-state index in [0.717, 1.165) is 25.9 Å². The van der Waals surface area contributed by atoms with Gasteiger partial charge in [0.1, 0.15) is 17.9 Å². The Labute approximate surface area is 138 Å². The van der Waals surface area contributed by atoms with Crippen molar-refractivity contribution in [3.63, 3.8) is 0 Å². The molecule has 2 saturated heterocycles. The number of aromatic nitrogens is 4. The van der Waals surface area contributed by atoms with E-state index in [-0.39, 0.29) is 18.1 Å². The van der Waals surface area contributed by atoms with Crippen LogP contribution in [0.4, 0.5) is 10.7 Å². The summed E-state index contributed by atoms with van der Waals surface area (Å²) in [5, 5.41) is 9.94. The van der Waals surface area contributed by atoms with Crippen LogP contribution in [0.1, 0.15) is 19.3 Å². The van der Waals surface area contributed by atoms with E-state index in [2.05, 4.69) is 19.9 Å². The molecule has 4 rings (SSSR count). The zero-order valence-electron chi connectivity index (χ0n) is 13.1. The lowest BCUT2D eigenvalue weighted by Gasteiger charge is -2.39. The molecule has 0 aromatic carbocycles. The molecule has 1 amide bonds. The topological polar surface area (TPSA) is 105 Å². The molecule has 0 atom stereocenters. The smallest absolute Gasteiger partial charge is 0.410 e. The van der Waals surface area contributed by atoms with E-state index in [4.69, 9.17) is 4.74 Å². The largest absolute Gasteiger partial charge is 0.492 e. The number of carbonyl (C=O) groups is 1. The highest BCUT2D eigenvalue weighted by Gasteiger charge is 2.34. The first kappa shape index (κ1) is 14.9. The van der Waals surface area contributed by atoms with Gasteiger partial charge in [0.15, 0.2) is 5.52 Å². The summed E-state index contributed by atoms with van der Waals surface area (Å²) in [7, 11) is 0. The second kappa shape index (κ2) is 6.06. The van der Waals surface area contributed by atoms with Crippen molar-refractivity contribution in [2.24, 2.45) is 0 Å². The van der Waals surface area contributed by atoms with Crippen LogP contribution in [0.25, 0.3) is 11.0 Å². The Morgan fingerprint density at radius 3 is 2.79 bits per heavy atom. The fraction of sp³-hybridized carbons (Fsp3) is 0.533. The normalized spacial score (nSPS) is 18.5. The molecule has 126 valence electrons. The SMILES string of the molecule is O=C(OC1CN(c2nc(O)c3ncncc3n2)C1)N1CCCCC1. The summed E-state index contributed by atoms with van der Waals surface area (Å²) in [6.45, 7) is 2.57. The lowest BCUT2D eigenvalue weighted by molar-refractivity contribution is 0.0453. The van der Waals surface area contributed by atoms with E-state index in [1.54, 1.807) is 4.90 Å². The standard InChI is InChI=1S/C15H18N6O3/c22-13-12-11(6-16-9-17-12)18-14(19-13)21-7-10(8-21)24-15(23)20-4-2-1-3-5-20/h6,9-10H,1-5,7-8H2,(H,18,19,22). The average molecular weight is 330 g/mol. The van der Waals surface area contributed by atoms with E-state index in [9.17, 15) is 9.90 Å². The molecule has 9 nitrogen and oxygen atoms in total. The van der Waals surface area contributed by atoms with Crippen molar-refractivity contribution < 1.29 is 14.6 Å². The minimum absolute atomic E-state index is 0.173. The van der Waals surface area contributed by atoms with Crippen molar-refractivity contribution in [2.45, 2.75) is 25.4 Å². The maximum Gasteiger partial charge on any atom is 0.410 e. The Morgan fingerprint density at radius 2 is 2.00 bits per heavy atom. The number of nitrogens with zero attached hydrogens (tertiary/aromatic N) is 6. The summed E-state index contributed by atoms with van der Waals surface area (Å²) in [6, 6.07) is 0. The highest BCUT2D eigenvalue weighted by atomic mass is 16.6. The molecule has 9 heteroatoms. The quantitative estimate of drug-likeness (QED) is 0.867. The molecule has 2 aliphatic rings. The van der Waals surface area contributed by atoms with Crippen LogP contribution in [0.15, 0.2) is 12.5 Å². The van der Waals surface area contributed by atoms with Crippen molar-refractivity contribution >= 4 is 23.1 Å². The zero-order chi connectivity index (χ0) is 16.5. The number of rotatable bonds is 2. The molecule has 0 radical (unpaired) electrons. The maximum absolute atomic E-state index is 12.1. The van der Waals surface area contributed by atoms with Gasteiger partial charge in [-0.05, 0) is 19.3 Å². The minimum atomic E-state index is -0.241. The first-order chi connectivity index (χ1) is 11.7. The number of anilines is 1. The lowest BCUT2D eigenvalue weighted by Crippen LogP contribution is -2.55. The molecule has 4 heterocycles. The van der Waals surface area contributed by atoms with Crippen LogP contribution >= 0.6 is 0 Å². The summed E-state index contributed by atoms with van der Waals surface area (Å²) in [5.74, 6) is 0.214. The molecule has 2 aliphatic heterocycles. The first-order valence-electron chi connectivity index (χ1n) is 8.08. The minimum Gasteiger partial charge on any atom is -0.492 e. The number of ether oxygens (including phenoxy) is 1. The number of hydrogen-bond acceptors (Lipinski definition) is 8. The number of piperidine rings is 1. The highest BCUT2D eigenvalue weighted by molar-refractivity contribution is 5.79. The van der Waals surface area contributed by atoms with Gasteiger partial charge in [0.25, 0.3) is 0 Å². The fourth-order valence-electron chi connectivity index (χ4n) is 2.97. The molecule has 1 N–H and O–H groups in total. The molecular weight excluding hydrogens is 312 g/mol. The molecule has 0 unspecified atom stereocenters. The third kappa shape index (κ3) is 2.77. The van der Waals surface area contributed by atoms with E-state index in [1.165, 1.54) is 18.9 Å². The van der Waals surface area contributed by atoms with E-state index < -0.39 is 0 Å². The first-order valence-corrected chi connectivity index (χ1v) is 8.08. The van der Waals surface area contributed by atoms with Gasteiger partial charge in [-0.1, -0.05) is 0 Å². The lowest BCUT2D eigenvalue weighted by atomic mass is 10.1. The Morgan fingerprint density at radius 1 is 1.21 bits per heavy atom. The Bertz CT molecular complexity index is 758. The van der Waals surface area contributed by atoms with Crippen LogP contribution in [-0.2, 0) is 4.74 Å². The summed E-state index contributed by atoms with van der Waals surface area (Å²) in [4.78, 5) is 31.9. The molecule has 24 heavy (non-hydrogen) atoms. The Balaban J connectivity index is 1.38. The predicted molar refractivity (Wildman–Crippen MR) is 84.7 cm³/mol. The Hall–Kier alpha value is -2.71. The molecule has 0 spiro atoms. The van der Waals surface area contributed by atoms with Crippen molar-refractivity contribution in [3.8, 4) is 5.88 Å². The number of aromatic hydroxyl groups is 1. The fourth-order valence-corrected chi connectivity index (χ4v) is 2.97. The summed E-state index contributed by atoms with van der Waals surface area (Å²) < 4.78 is 5.50. The number of likely N-dealkylation sites (tertiary alicyclic amines) is 1. The van der Waals surface area contributed by atoms with Gasteiger partial charge in [-0.25, -0.2) is 19.7 Å². The highest BCUT2D eigenvalue weighted by Crippen LogP contribution is 2.25. The average Bonchev–Trinajstić information content (AvgIpc) is 2.58. The van der Waals surface area contributed by atoms with Crippen molar-refractivity contribution in [2.75, 3.05) is 31.1 Å². The van der Waals surface area contributed by atoms with E-state index >= 15 is 0 Å². The van der Waals surface area contributed by atoms with Gasteiger partial charge in [0, 0.05) is 13.1 Å². The number of fused-ring (bicyclic) bond motifs is 1. The molecule has 2 aromatic heterocycles. The van der Waals surface area contributed by atoms with Crippen molar-refractivity contribution in [1.82, 2.24) is 24.8 Å². The van der Waals surface area contributed by atoms with Gasteiger partial charge in [0.2, 0.25) is 11.8 Å². The maximum atomic E-state index is 12.1. The molecule has 0 bridgehead atoms. The van der Waals surface area contributed by atoms with Gasteiger partial charge < -0.3 is 19.6 Å². The predicted octanol–water partition coefficient (Wildman–Crippen LogP) is 0.936. The monoisotopic (exact) mass is 330 g/mol. The Kier molecular flexibility index (Phi) is 3.75. The van der Waals surface area contributed by atoms with Gasteiger partial charge >= 0.3 is 6.09 Å². The van der Waals surface area contributed by atoms with Gasteiger partial charge in [-0.15, -0.1) is 0 Å². The van der Waals surface area contributed by atoms with Gasteiger partial charge in [0.05, 0.1) is 19.3 Å². The second-order valence-corrected chi connectivity index (χ2v) is 6.06. The molecule has 0 saturated carbocycles. The molecule has 2 fully saturated rings. The van der Waals surface area contributed by atoms with Gasteiger partial charge in [-0.3, -0.25) is 0 Å². The van der Waals surface area contributed by atoms with Crippen LogP contribution in [0.3, 0.4) is 0 Å². The van der Waals surface area contributed by atoms with Crippen LogP contribution in [0.2, 0.25) is 0 Å². The van der Waals surface area contributed by atoms with E-state index in [1.807, 2.05) is 4.90 Å². The van der Waals surface area contributed by atoms with Crippen LogP contribution in [-0.4, -0.2) is 68.3 Å². The number of hydrogen-bond donors (Lipinski definition) is 1. The van der Waals surface area contributed by atoms with Crippen LogP contribution in [0, 0.1) is 0 Å². The van der Waals surface area contributed by atoms with Gasteiger partial charge in [-0.2, -0.15) is 4.98 Å². The number of carbonyl (C=O) groups excluding carboxylic acids is 1. The zero-order valence-corrected chi connectivity index (χ0v) is 13.1. The molecule has 0 aliphatic carbocycles. The molecule has 2 aromatic rings. The third-order valence-electron chi connectivity index (χ3n) is 4.34. The summed E-state index contributed by atoms with van der Waals surface area (Å²) in [6.07, 6.45) is 5.71. The third-order valence-corrected chi connectivity index (χ3v) is 4.34. The van der Waals surface area contributed by atoms with Crippen LogP contribution in [0.5, 0.6) is 5.88 Å². The summed E-state index contributed by atoms with van der Waals surface area (Å²) in [5.41, 5.74) is 0.802.